The van der Waals surface area contributed by atoms with Crippen molar-refractivity contribution < 1.29 is 9.13 Å². The topological polar surface area (TPSA) is 79.4 Å². The van der Waals surface area contributed by atoms with Crippen LogP contribution in [0.3, 0.4) is 0 Å². The Kier molecular flexibility index (Phi) is 5.78. The average Bonchev–Trinajstić information content (AvgIpc) is 3.33. The molecule has 5 rings (SSSR count). The van der Waals surface area contributed by atoms with Crippen LogP contribution in [0.15, 0.2) is 15.7 Å². The Bertz CT molecular complexity index is 1270. The Morgan fingerprint density at radius 2 is 2.06 bits per heavy atom. The van der Waals surface area contributed by atoms with Gasteiger partial charge in [0.2, 0.25) is 5.43 Å². The van der Waals surface area contributed by atoms with Crippen molar-refractivity contribution >= 4 is 50.7 Å². The summed E-state index contributed by atoms with van der Waals surface area (Å²) in [6, 6.07) is 1.80. The van der Waals surface area contributed by atoms with Crippen molar-refractivity contribution in [2.75, 3.05) is 32.1 Å². The average molecular weight is 469 g/mol. The molecule has 10 heteroatoms. The van der Waals surface area contributed by atoms with Crippen molar-refractivity contribution in [1.82, 2.24) is 14.3 Å². The molecule has 1 saturated carbocycles. The second-order valence-electron chi connectivity index (χ2n) is 8.35. The van der Waals surface area contributed by atoms with Crippen molar-refractivity contribution in [1.29, 1.82) is 0 Å². The summed E-state index contributed by atoms with van der Waals surface area (Å²) in [6.07, 6.45) is 2.87. The van der Waals surface area contributed by atoms with Gasteiger partial charge in [-0.15, -0.1) is 12.4 Å². The van der Waals surface area contributed by atoms with Gasteiger partial charge in [-0.2, -0.15) is 0 Å². The number of nitrogens with one attached hydrogen (secondary N) is 2. The van der Waals surface area contributed by atoms with Gasteiger partial charge in [0.1, 0.15) is 15.9 Å². The van der Waals surface area contributed by atoms with Crippen molar-refractivity contribution in [2.45, 2.75) is 38.3 Å². The van der Waals surface area contributed by atoms with Gasteiger partial charge in [-0.3, -0.25) is 14.0 Å². The highest BCUT2D eigenvalue weighted by molar-refractivity contribution is 7.12. The maximum Gasteiger partial charge on any atom is 0.271 e. The molecule has 3 aromatic rings. The van der Waals surface area contributed by atoms with Gasteiger partial charge in [-0.25, -0.2) is 4.39 Å². The molecule has 3 heterocycles. The molecule has 2 aromatic heterocycles. The number of ether oxygens (including phenoxy) is 1. The van der Waals surface area contributed by atoms with Gasteiger partial charge in [-0.05, 0) is 56.8 Å². The maximum absolute atomic E-state index is 15.4. The van der Waals surface area contributed by atoms with Gasteiger partial charge in [0.05, 0.1) is 18.0 Å². The summed E-state index contributed by atoms with van der Waals surface area (Å²) in [6.45, 7) is 3.58. The zero-order valence-corrected chi connectivity index (χ0v) is 19.3. The van der Waals surface area contributed by atoms with E-state index < -0.39 is 16.8 Å². The summed E-state index contributed by atoms with van der Waals surface area (Å²) < 4.78 is 25.9. The number of hydrogen-bond acceptors (Lipinski definition) is 6. The molecular formula is C21H26ClFN4O3S. The van der Waals surface area contributed by atoms with Crippen LogP contribution in [0.4, 0.5) is 10.1 Å². The smallest absolute Gasteiger partial charge is 0.271 e. The number of aromatic amines is 1. The Morgan fingerprint density at radius 1 is 1.32 bits per heavy atom. The molecule has 168 valence electrons. The van der Waals surface area contributed by atoms with E-state index in [2.05, 4.69) is 16.6 Å². The van der Waals surface area contributed by atoms with Crippen molar-refractivity contribution in [3.8, 4) is 5.75 Å². The molecule has 2 N–H and O–H groups in total. The third kappa shape index (κ3) is 3.34. The van der Waals surface area contributed by atoms with E-state index in [9.17, 15) is 9.59 Å². The molecule has 0 radical (unpaired) electrons. The maximum atomic E-state index is 15.4. The predicted molar refractivity (Wildman–Crippen MR) is 125 cm³/mol. The van der Waals surface area contributed by atoms with Crippen molar-refractivity contribution in [3.05, 3.63) is 32.5 Å². The lowest BCUT2D eigenvalue weighted by Crippen LogP contribution is -2.33. The summed E-state index contributed by atoms with van der Waals surface area (Å²) in [5, 5.41) is 3.60. The number of methoxy groups -OCH3 is 1. The quantitative estimate of drug-likeness (QED) is 0.601. The molecule has 1 aliphatic carbocycles. The van der Waals surface area contributed by atoms with Crippen molar-refractivity contribution in [3.63, 3.8) is 0 Å². The van der Waals surface area contributed by atoms with Gasteiger partial charge in [0, 0.05) is 25.2 Å². The van der Waals surface area contributed by atoms with Gasteiger partial charge >= 0.3 is 0 Å². The van der Waals surface area contributed by atoms with Crippen LogP contribution in [0.2, 0.25) is 0 Å². The van der Waals surface area contributed by atoms with Crippen LogP contribution in [0.1, 0.15) is 32.2 Å². The third-order valence-corrected chi connectivity index (χ3v) is 7.50. The van der Waals surface area contributed by atoms with Gasteiger partial charge in [-0.1, -0.05) is 0 Å². The van der Waals surface area contributed by atoms with E-state index in [4.69, 9.17) is 4.74 Å². The minimum absolute atomic E-state index is 0. The Balaban J connectivity index is 0.00000231. The van der Waals surface area contributed by atoms with E-state index in [1.54, 1.807) is 0 Å². The number of hydrogen-bond donors (Lipinski definition) is 2. The number of H-pyrrole nitrogens is 1. The summed E-state index contributed by atoms with van der Waals surface area (Å²) >= 11 is 1.16. The van der Waals surface area contributed by atoms with E-state index in [1.807, 2.05) is 16.5 Å². The fourth-order valence-corrected chi connectivity index (χ4v) is 5.64. The summed E-state index contributed by atoms with van der Waals surface area (Å²) in [5.74, 6) is 0.301. The number of rotatable bonds is 5. The normalized spacial score (nSPS) is 19.7. The molecule has 2 atom stereocenters. The second kappa shape index (κ2) is 8.11. The summed E-state index contributed by atoms with van der Waals surface area (Å²) in [5.41, 5.74) is 0.149. The lowest BCUT2D eigenvalue weighted by Gasteiger charge is -2.25. The first-order valence-electron chi connectivity index (χ1n) is 10.3. The summed E-state index contributed by atoms with van der Waals surface area (Å²) in [4.78, 5) is 28.0. The molecule has 2 fully saturated rings. The van der Waals surface area contributed by atoms with Crippen LogP contribution in [-0.2, 0) is 0 Å². The highest BCUT2D eigenvalue weighted by Crippen LogP contribution is 2.46. The number of nitrogens with zero attached hydrogens (tertiary/aromatic N) is 2. The predicted octanol–water partition coefficient (Wildman–Crippen LogP) is 3.24. The van der Waals surface area contributed by atoms with Crippen LogP contribution >= 0.6 is 23.9 Å². The van der Waals surface area contributed by atoms with E-state index in [0.29, 0.717) is 40.3 Å². The molecule has 1 saturated heterocycles. The number of fused-ring (bicyclic) bond motifs is 2. The monoisotopic (exact) mass is 468 g/mol. The van der Waals surface area contributed by atoms with Crippen LogP contribution < -0.4 is 25.9 Å². The number of aromatic nitrogens is 2. The lowest BCUT2D eigenvalue weighted by atomic mass is 10.0. The molecule has 0 bridgehead atoms. The molecule has 2 aliphatic rings. The molecule has 1 aromatic carbocycles. The minimum atomic E-state index is -0.484. The fraction of sp³-hybridized carbons (Fsp3) is 0.524. The van der Waals surface area contributed by atoms with Crippen LogP contribution in [0, 0.1) is 11.7 Å². The number of pyridine rings is 1. The zero-order valence-electron chi connectivity index (χ0n) is 17.7. The number of halogens is 2. The van der Waals surface area contributed by atoms with Gasteiger partial charge in [0.25, 0.3) is 5.56 Å². The van der Waals surface area contributed by atoms with E-state index in [0.717, 1.165) is 37.3 Å². The highest BCUT2D eigenvalue weighted by Gasteiger charge is 2.35. The third-order valence-electron chi connectivity index (χ3n) is 6.61. The Labute approximate surface area is 188 Å². The van der Waals surface area contributed by atoms with E-state index in [1.165, 1.54) is 13.2 Å². The Hall–Kier alpha value is -2.10. The molecule has 31 heavy (non-hydrogen) atoms. The molecule has 1 aliphatic heterocycles. The first-order valence-corrected chi connectivity index (χ1v) is 11.2. The minimum Gasteiger partial charge on any atom is -0.492 e. The standard InChI is InChI=1S/C21H25FN4O3S.ClH/c1-10(23-2)11-6-7-25(9-11)17-14(22)8-13-16(19(17)29-3)26(12-4-5-12)21-15(18(13)27)20(28)24-30-21;/h8,10-12,23H,4-7,9H2,1-3H3,(H,24,28);1H/t10-,11+;/m0./s1. The largest absolute Gasteiger partial charge is 0.492 e. The number of benzene rings is 1. The Morgan fingerprint density at radius 3 is 2.71 bits per heavy atom. The van der Waals surface area contributed by atoms with Gasteiger partial charge in [0.15, 0.2) is 11.6 Å². The highest BCUT2D eigenvalue weighted by atomic mass is 35.5. The van der Waals surface area contributed by atoms with Crippen LogP contribution in [0.25, 0.3) is 21.1 Å². The molecular weight excluding hydrogens is 443 g/mol. The fourth-order valence-electron chi connectivity index (χ4n) is 4.72. The van der Waals surface area contributed by atoms with Crippen LogP contribution in [0.5, 0.6) is 5.75 Å². The lowest BCUT2D eigenvalue weighted by molar-refractivity contribution is 0.411. The second-order valence-corrected chi connectivity index (χ2v) is 9.15. The summed E-state index contributed by atoms with van der Waals surface area (Å²) in [7, 11) is 3.46. The molecule has 7 nitrogen and oxygen atoms in total. The number of anilines is 1. The van der Waals surface area contributed by atoms with Crippen molar-refractivity contribution in [2.24, 2.45) is 5.92 Å². The zero-order chi connectivity index (χ0) is 21.2. The first kappa shape index (κ1) is 22.1. The van der Waals surface area contributed by atoms with Crippen LogP contribution in [-0.4, -0.2) is 42.2 Å². The van der Waals surface area contributed by atoms with E-state index >= 15 is 4.39 Å². The van der Waals surface area contributed by atoms with E-state index in [-0.39, 0.29) is 29.2 Å². The molecule has 0 spiro atoms. The molecule has 0 unspecified atom stereocenters. The first-order chi connectivity index (χ1) is 14.5. The van der Waals surface area contributed by atoms with Gasteiger partial charge < -0.3 is 19.5 Å². The molecule has 0 amide bonds. The SMILES string of the molecule is CN[C@@H](C)[C@@H]1CCN(c2c(F)cc3c(=O)c4c(=O)[nH]sc4n(C4CC4)c3c2OC)C1.Cl.